The molecule has 0 bridgehead atoms. The summed E-state index contributed by atoms with van der Waals surface area (Å²) in [6.45, 7) is 2.07. The molecule has 0 radical (unpaired) electrons. The monoisotopic (exact) mass is 407 g/mol. The van der Waals surface area contributed by atoms with E-state index >= 15 is 0 Å². The third-order valence-electron chi connectivity index (χ3n) is 6.08. The first kappa shape index (κ1) is 19.9. The van der Waals surface area contributed by atoms with Crippen LogP contribution in [-0.4, -0.2) is 30.1 Å². The summed E-state index contributed by atoms with van der Waals surface area (Å²) in [4.78, 5) is 26.7. The zero-order chi connectivity index (χ0) is 20.5. The van der Waals surface area contributed by atoms with Crippen molar-refractivity contribution in [3.63, 3.8) is 0 Å². The van der Waals surface area contributed by atoms with Crippen molar-refractivity contribution in [3.05, 3.63) is 50.0 Å². The maximum atomic E-state index is 13.5. The molecule has 1 aliphatic heterocycles. The number of nitrogens with one attached hydrogen (secondary N) is 2. The van der Waals surface area contributed by atoms with Crippen LogP contribution in [0.15, 0.2) is 21.7 Å². The van der Waals surface area contributed by atoms with Crippen LogP contribution in [0.5, 0.6) is 0 Å². The molecule has 1 aliphatic carbocycles. The molecule has 5 nitrogen and oxygen atoms in total. The van der Waals surface area contributed by atoms with Gasteiger partial charge in [0.2, 0.25) is 0 Å². The Bertz CT molecular complexity index is 942. The molecule has 8 heteroatoms. The molecule has 0 amide bonds. The Morgan fingerprint density at radius 1 is 0.828 bits per heavy atom. The maximum Gasteiger partial charge on any atom is 0.253 e. The SMILES string of the molecule is O=c1c(Nc2cc(F)c(F)c(F)c2)c(NC2CCCCC2N2CCCCC2)c1=O. The minimum absolute atomic E-state index is 0.0247. The van der Waals surface area contributed by atoms with Gasteiger partial charge in [-0.15, -0.1) is 0 Å². The summed E-state index contributed by atoms with van der Waals surface area (Å²) in [6.07, 6.45) is 7.65. The minimum Gasteiger partial charge on any atom is -0.376 e. The molecule has 2 N–H and O–H groups in total. The zero-order valence-corrected chi connectivity index (χ0v) is 16.1. The second-order valence-corrected chi connectivity index (χ2v) is 7.99. The first-order chi connectivity index (χ1) is 14.0. The van der Waals surface area contributed by atoms with Gasteiger partial charge in [-0.1, -0.05) is 19.3 Å². The van der Waals surface area contributed by atoms with E-state index < -0.39 is 28.3 Å². The highest BCUT2D eigenvalue weighted by molar-refractivity contribution is 5.79. The van der Waals surface area contributed by atoms with E-state index in [0.717, 1.165) is 63.7 Å². The van der Waals surface area contributed by atoms with Crippen molar-refractivity contribution in [2.24, 2.45) is 0 Å². The number of hydrogen-bond acceptors (Lipinski definition) is 5. The summed E-state index contributed by atoms with van der Waals surface area (Å²) < 4.78 is 40.1. The molecule has 2 aromatic carbocycles. The summed E-state index contributed by atoms with van der Waals surface area (Å²) >= 11 is 0. The molecule has 0 aromatic heterocycles. The van der Waals surface area contributed by atoms with Gasteiger partial charge in [-0.25, -0.2) is 13.2 Å². The summed E-state index contributed by atoms with van der Waals surface area (Å²) in [5.74, 6) is -4.30. The van der Waals surface area contributed by atoms with Gasteiger partial charge < -0.3 is 10.6 Å². The Labute approximate surface area is 166 Å². The highest BCUT2D eigenvalue weighted by Gasteiger charge is 2.33. The standard InChI is InChI=1S/C21H24F3N3O2/c22-13-10-12(11-14(23)17(13)24)25-18-19(21(29)20(18)28)26-15-6-2-3-7-16(15)27-8-4-1-5-9-27/h10-11,15-16,25-26H,1-9H2. The quantitative estimate of drug-likeness (QED) is 0.585. The second-order valence-electron chi connectivity index (χ2n) is 7.99. The van der Waals surface area contributed by atoms with Crippen molar-refractivity contribution in [1.29, 1.82) is 0 Å². The molecular weight excluding hydrogens is 383 g/mol. The van der Waals surface area contributed by atoms with Gasteiger partial charge in [-0.05, 0) is 38.8 Å². The molecule has 2 aromatic rings. The Kier molecular flexibility index (Phi) is 5.63. The number of piperidine rings is 1. The van der Waals surface area contributed by atoms with Crippen molar-refractivity contribution >= 4 is 17.1 Å². The lowest BCUT2D eigenvalue weighted by molar-refractivity contribution is 0.121. The predicted molar refractivity (Wildman–Crippen MR) is 106 cm³/mol. The van der Waals surface area contributed by atoms with Crippen molar-refractivity contribution < 1.29 is 13.2 Å². The van der Waals surface area contributed by atoms with Crippen LogP contribution >= 0.6 is 0 Å². The van der Waals surface area contributed by atoms with Crippen LogP contribution in [0.2, 0.25) is 0 Å². The van der Waals surface area contributed by atoms with Crippen molar-refractivity contribution in [2.45, 2.75) is 57.0 Å². The first-order valence-corrected chi connectivity index (χ1v) is 10.2. The van der Waals surface area contributed by atoms with Crippen LogP contribution in [0.3, 0.4) is 0 Å². The van der Waals surface area contributed by atoms with Crippen molar-refractivity contribution in [1.82, 2.24) is 4.90 Å². The molecule has 2 aliphatic rings. The molecule has 2 fully saturated rings. The fraction of sp³-hybridized carbons (Fsp3) is 0.524. The Balaban J connectivity index is 1.54. The van der Waals surface area contributed by atoms with E-state index in [1.54, 1.807) is 0 Å². The van der Waals surface area contributed by atoms with Gasteiger partial charge in [-0.3, -0.25) is 14.5 Å². The number of rotatable bonds is 5. The topological polar surface area (TPSA) is 61.4 Å². The molecule has 2 atom stereocenters. The number of likely N-dealkylation sites (tertiary alicyclic amines) is 1. The van der Waals surface area contributed by atoms with E-state index in [4.69, 9.17) is 0 Å². The summed E-state index contributed by atoms with van der Waals surface area (Å²) in [6, 6.07) is 1.85. The molecule has 1 heterocycles. The fourth-order valence-electron chi connectivity index (χ4n) is 4.57. The fourth-order valence-corrected chi connectivity index (χ4v) is 4.57. The highest BCUT2D eigenvalue weighted by atomic mass is 19.2. The van der Waals surface area contributed by atoms with Gasteiger partial charge in [-0.2, -0.15) is 0 Å². The van der Waals surface area contributed by atoms with Crippen LogP contribution in [0.1, 0.15) is 44.9 Å². The lowest BCUT2D eigenvalue weighted by Crippen LogP contribution is -2.52. The van der Waals surface area contributed by atoms with Crippen LogP contribution < -0.4 is 21.5 Å². The molecule has 1 saturated heterocycles. The van der Waals surface area contributed by atoms with E-state index in [9.17, 15) is 22.8 Å². The average Bonchev–Trinajstić information content (AvgIpc) is 2.75. The molecule has 4 rings (SSSR count). The van der Waals surface area contributed by atoms with E-state index in [2.05, 4.69) is 15.5 Å². The number of halogens is 3. The number of hydrogen-bond donors (Lipinski definition) is 2. The third kappa shape index (κ3) is 3.90. The zero-order valence-electron chi connectivity index (χ0n) is 16.1. The lowest BCUT2D eigenvalue weighted by Gasteiger charge is -2.42. The smallest absolute Gasteiger partial charge is 0.253 e. The van der Waals surface area contributed by atoms with Gasteiger partial charge in [0.15, 0.2) is 17.5 Å². The molecule has 156 valence electrons. The third-order valence-corrected chi connectivity index (χ3v) is 6.08. The van der Waals surface area contributed by atoms with Crippen LogP contribution in [0.25, 0.3) is 0 Å². The van der Waals surface area contributed by atoms with Gasteiger partial charge >= 0.3 is 0 Å². The van der Waals surface area contributed by atoms with Gasteiger partial charge in [0.05, 0.1) is 0 Å². The Morgan fingerprint density at radius 2 is 1.45 bits per heavy atom. The summed E-state index contributed by atoms with van der Waals surface area (Å²) in [5.41, 5.74) is -1.38. The van der Waals surface area contributed by atoms with E-state index in [1.807, 2.05) is 0 Å². The average molecular weight is 407 g/mol. The largest absolute Gasteiger partial charge is 0.376 e. The molecule has 2 unspecified atom stereocenters. The van der Waals surface area contributed by atoms with Crippen LogP contribution in [0.4, 0.5) is 30.2 Å². The van der Waals surface area contributed by atoms with E-state index in [1.165, 1.54) is 6.42 Å². The number of benzene rings is 1. The van der Waals surface area contributed by atoms with Gasteiger partial charge in [0.1, 0.15) is 11.4 Å². The molecular formula is C21H24F3N3O2. The Hall–Kier alpha value is -2.35. The Morgan fingerprint density at radius 3 is 2.14 bits per heavy atom. The predicted octanol–water partition coefficient (Wildman–Crippen LogP) is 3.65. The molecule has 29 heavy (non-hydrogen) atoms. The van der Waals surface area contributed by atoms with Crippen LogP contribution in [-0.2, 0) is 0 Å². The first-order valence-electron chi connectivity index (χ1n) is 10.2. The van der Waals surface area contributed by atoms with E-state index in [-0.39, 0.29) is 23.1 Å². The van der Waals surface area contributed by atoms with Gasteiger partial charge in [0, 0.05) is 29.9 Å². The van der Waals surface area contributed by atoms with Crippen LogP contribution in [0, 0.1) is 17.5 Å². The minimum atomic E-state index is -1.58. The molecule has 1 saturated carbocycles. The molecule has 0 spiro atoms. The van der Waals surface area contributed by atoms with Crippen molar-refractivity contribution in [2.75, 3.05) is 23.7 Å². The van der Waals surface area contributed by atoms with Crippen molar-refractivity contribution in [3.8, 4) is 0 Å². The van der Waals surface area contributed by atoms with E-state index in [0.29, 0.717) is 6.04 Å². The highest BCUT2D eigenvalue weighted by Crippen LogP contribution is 2.30. The second kappa shape index (κ2) is 8.18. The summed E-state index contributed by atoms with van der Waals surface area (Å²) in [7, 11) is 0. The number of anilines is 3. The number of nitrogens with zero attached hydrogens (tertiary/aromatic N) is 1. The summed E-state index contributed by atoms with van der Waals surface area (Å²) in [5, 5.41) is 5.83. The van der Waals surface area contributed by atoms with Gasteiger partial charge in [0.25, 0.3) is 10.9 Å². The normalized spacial score (nSPS) is 23.3. The maximum absolute atomic E-state index is 13.5. The lowest BCUT2D eigenvalue weighted by atomic mass is 9.87.